The SMILES string of the molecule is COc1cccc(C(O)CNC(=O)NCC(C)c2cccc(C)c2)c1. The summed E-state index contributed by atoms with van der Waals surface area (Å²) in [4.78, 5) is 11.9. The Morgan fingerprint density at radius 1 is 1.08 bits per heavy atom. The van der Waals surface area contributed by atoms with Crippen molar-refractivity contribution in [1.82, 2.24) is 10.6 Å². The monoisotopic (exact) mass is 342 g/mol. The average Bonchev–Trinajstić information content (AvgIpc) is 2.64. The first-order valence-electron chi connectivity index (χ1n) is 8.40. The molecule has 2 atom stereocenters. The highest BCUT2D eigenvalue weighted by Gasteiger charge is 2.11. The molecular formula is C20H26N2O3. The maximum atomic E-state index is 11.9. The van der Waals surface area contributed by atoms with Gasteiger partial charge in [0.05, 0.1) is 13.2 Å². The molecule has 25 heavy (non-hydrogen) atoms. The number of aryl methyl sites for hydroxylation is 1. The van der Waals surface area contributed by atoms with E-state index in [0.717, 1.165) is 0 Å². The minimum Gasteiger partial charge on any atom is -0.497 e. The van der Waals surface area contributed by atoms with Gasteiger partial charge in [0.1, 0.15) is 5.75 Å². The quantitative estimate of drug-likeness (QED) is 0.724. The largest absolute Gasteiger partial charge is 0.497 e. The minimum atomic E-state index is -0.782. The lowest BCUT2D eigenvalue weighted by Gasteiger charge is -2.16. The topological polar surface area (TPSA) is 70.6 Å². The van der Waals surface area contributed by atoms with E-state index in [2.05, 4.69) is 42.7 Å². The smallest absolute Gasteiger partial charge is 0.314 e. The molecule has 0 aliphatic heterocycles. The number of ether oxygens (including phenoxy) is 1. The number of aliphatic hydroxyl groups excluding tert-OH is 1. The van der Waals surface area contributed by atoms with Gasteiger partial charge in [-0.1, -0.05) is 48.9 Å². The number of methoxy groups -OCH3 is 1. The maximum absolute atomic E-state index is 11.9. The summed E-state index contributed by atoms with van der Waals surface area (Å²) in [6.07, 6.45) is -0.782. The van der Waals surface area contributed by atoms with E-state index in [1.165, 1.54) is 11.1 Å². The molecular weight excluding hydrogens is 316 g/mol. The van der Waals surface area contributed by atoms with Crippen LogP contribution in [0.25, 0.3) is 0 Å². The molecule has 2 amide bonds. The van der Waals surface area contributed by atoms with Crippen molar-refractivity contribution in [3.8, 4) is 5.75 Å². The van der Waals surface area contributed by atoms with E-state index in [-0.39, 0.29) is 18.5 Å². The molecule has 3 N–H and O–H groups in total. The number of rotatable bonds is 7. The highest BCUT2D eigenvalue weighted by molar-refractivity contribution is 5.73. The molecule has 0 radical (unpaired) electrons. The van der Waals surface area contributed by atoms with Gasteiger partial charge in [0.25, 0.3) is 0 Å². The Labute approximate surface area is 149 Å². The van der Waals surface area contributed by atoms with Crippen LogP contribution in [0.4, 0.5) is 4.79 Å². The van der Waals surface area contributed by atoms with Crippen molar-refractivity contribution >= 4 is 6.03 Å². The first-order chi connectivity index (χ1) is 12.0. The van der Waals surface area contributed by atoms with Gasteiger partial charge in [0.15, 0.2) is 0 Å². The van der Waals surface area contributed by atoms with E-state index >= 15 is 0 Å². The summed E-state index contributed by atoms with van der Waals surface area (Å²) in [5.41, 5.74) is 3.10. The van der Waals surface area contributed by atoms with Crippen LogP contribution in [-0.4, -0.2) is 31.3 Å². The molecule has 0 aliphatic rings. The maximum Gasteiger partial charge on any atom is 0.314 e. The van der Waals surface area contributed by atoms with Crippen molar-refractivity contribution in [3.63, 3.8) is 0 Å². The number of urea groups is 1. The van der Waals surface area contributed by atoms with E-state index in [9.17, 15) is 9.90 Å². The molecule has 2 aromatic rings. The van der Waals surface area contributed by atoms with Crippen molar-refractivity contribution in [2.24, 2.45) is 0 Å². The van der Waals surface area contributed by atoms with Gasteiger partial charge in [-0.15, -0.1) is 0 Å². The van der Waals surface area contributed by atoms with E-state index in [1.54, 1.807) is 25.3 Å². The summed E-state index contributed by atoms with van der Waals surface area (Å²) in [5.74, 6) is 0.891. The number of hydrogen-bond acceptors (Lipinski definition) is 3. The third-order valence-corrected chi connectivity index (χ3v) is 4.11. The van der Waals surface area contributed by atoms with Crippen molar-refractivity contribution in [2.75, 3.05) is 20.2 Å². The molecule has 0 saturated carbocycles. The standard InChI is InChI=1S/C20H26N2O3/c1-14-6-4-7-16(10-14)15(2)12-21-20(24)22-13-19(23)17-8-5-9-18(11-17)25-3/h4-11,15,19,23H,12-13H2,1-3H3,(H2,21,22,24). The Bertz CT molecular complexity index is 703. The van der Waals surface area contributed by atoms with Crippen LogP contribution in [0.2, 0.25) is 0 Å². The number of hydrogen-bond donors (Lipinski definition) is 3. The van der Waals surface area contributed by atoms with Gasteiger partial charge in [0, 0.05) is 13.1 Å². The zero-order chi connectivity index (χ0) is 18.2. The lowest BCUT2D eigenvalue weighted by molar-refractivity contribution is 0.172. The van der Waals surface area contributed by atoms with Crippen LogP contribution < -0.4 is 15.4 Å². The van der Waals surface area contributed by atoms with Crippen LogP contribution in [0.3, 0.4) is 0 Å². The summed E-state index contributed by atoms with van der Waals surface area (Å²) in [7, 11) is 1.58. The third kappa shape index (κ3) is 5.80. The van der Waals surface area contributed by atoms with Crippen LogP contribution in [0.15, 0.2) is 48.5 Å². The van der Waals surface area contributed by atoms with E-state index in [0.29, 0.717) is 17.9 Å². The zero-order valence-electron chi connectivity index (χ0n) is 15.0. The summed E-state index contributed by atoms with van der Waals surface area (Å²) in [6, 6.07) is 15.1. The van der Waals surface area contributed by atoms with Gasteiger partial charge in [-0.3, -0.25) is 0 Å². The van der Waals surface area contributed by atoms with Crippen LogP contribution in [0.1, 0.15) is 35.6 Å². The second-order valence-corrected chi connectivity index (χ2v) is 6.20. The average molecular weight is 342 g/mol. The number of carbonyl (C=O) groups excluding carboxylic acids is 1. The summed E-state index contributed by atoms with van der Waals surface area (Å²) < 4.78 is 5.14. The Balaban J connectivity index is 1.78. The molecule has 0 aliphatic carbocycles. The molecule has 0 spiro atoms. The highest BCUT2D eigenvalue weighted by atomic mass is 16.5. The summed E-state index contributed by atoms with van der Waals surface area (Å²) >= 11 is 0. The highest BCUT2D eigenvalue weighted by Crippen LogP contribution is 2.18. The number of nitrogens with one attached hydrogen (secondary N) is 2. The van der Waals surface area contributed by atoms with Crippen molar-refractivity contribution < 1.29 is 14.6 Å². The Kier molecular flexibility index (Phi) is 6.83. The Morgan fingerprint density at radius 3 is 2.48 bits per heavy atom. The van der Waals surface area contributed by atoms with E-state index in [4.69, 9.17) is 4.74 Å². The Hall–Kier alpha value is -2.53. The van der Waals surface area contributed by atoms with Crippen molar-refractivity contribution in [1.29, 1.82) is 0 Å². The predicted molar refractivity (Wildman–Crippen MR) is 98.9 cm³/mol. The molecule has 2 unspecified atom stereocenters. The van der Waals surface area contributed by atoms with Gasteiger partial charge >= 0.3 is 6.03 Å². The molecule has 2 rings (SSSR count). The number of carbonyl (C=O) groups is 1. The molecule has 0 saturated heterocycles. The minimum absolute atomic E-state index is 0.137. The third-order valence-electron chi connectivity index (χ3n) is 4.11. The first-order valence-corrected chi connectivity index (χ1v) is 8.40. The fraction of sp³-hybridized carbons (Fsp3) is 0.350. The molecule has 0 fully saturated rings. The lowest BCUT2D eigenvalue weighted by atomic mass is 9.99. The molecule has 2 aromatic carbocycles. The van der Waals surface area contributed by atoms with Gasteiger partial charge < -0.3 is 20.5 Å². The number of aliphatic hydroxyl groups is 1. The van der Waals surface area contributed by atoms with E-state index < -0.39 is 6.10 Å². The molecule has 5 nitrogen and oxygen atoms in total. The van der Waals surface area contributed by atoms with Crippen LogP contribution in [0, 0.1) is 6.92 Å². The molecule has 0 bridgehead atoms. The lowest BCUT2D eigenvalue weighted by Crippen LogP contribution is -2.39. The second-order valence-electron chi connectivity index (χ2n) is 6.20. The molecule has 134 valence electrons. The Morgan fingerprint density at radius 2 is 1.76 bits per heavy atom. The predicted octanol–water partition coefficient (Wildman–Crippen LogP) is 3.14. The normalized spacial score (nSPS) is 13.0. The molecule has 0 heterocycles. The van der Waals surface area contributed by atoms with Crippen LogP contribution in [0.5, 0.6) is 5.75 Å². The van der Waals surface area contributed by atoms with Crippen LogP contribution >= 0.6 is 0 Å². The van der Waals surface area contributed by atoms with Crippen LogP contribution in [-0.2, 0) is 0 Å². The number of benzene rings is 2. The molecule has 5 heteroatoms. The van der Waals surface area contributed by atoms with Gasteiger partial charge in [0.2, 0.25) is 0 Å². The summed E-state index contributed by atoms with van der Waals surface area (Å²) in [5, 5.41) is 15.7. The first kappa shape index (κ1) is 18.8. The van der Waals surface area contributed by atoms with Crippen molar-refractivity contribution in [3.05, 3.63) is 65.2 Å². The van der Waals surface area contributed by atoms with Crippen molar-refractivity contribution in [2.45, 2.75) is 25.9 Å². The second kappa shape index (κ2) is 9.08. The fourth-order valence-electron chi connectivity index (χ4n) is 2.56. The zero-order valence-corrected chi connectivity index (χ0v) is 15.0. The van der Waals surface area contributed by atoms with Gasteiger partial charge in [-0.05, 0) is 36.1 Å². The summed E-state index contributed by atoms with van der Waals surface area (Å²) in [6.45, 7) is 4.79. The number of amides is 2. The van der Waals surface area contributed by atoms with Gasteiger partial charge in [-0.2, -0.15) is 0 Å². The molecule has 0 aromatic heterocycles. The van der Waals surface area contributed by atoms with Gasteiger partial charge in [-0.25, -0.2) is 4.79 Å². The van der Waals surface area contributed by atoms with E-state index in [1.807, 2.05) is 12.1 Å². The fourth-order valence-corrected chi connectivity index (χ4v) is 2.56.